The van der Waals surface area contributed by atoms with Crippen molar-refractivity contribution in [2.75, 3.05) is 0 Å². The molecule has 0 spiro atoms. The van der Waals surface area contributed by atoms with Crippen LogP contribution in [0.25, 0.3) is 0 Å². The highest BCUT2D eigenvalue weighted by molar-refractivity contribution is 6.33. The molecule has 5 nitrogen and oxygen atoms in total. The third-order valence-corrected chi connectivity index (χ3v) is 5.42. The molecule has 0 saturated heterocycles. The van der Waals surface area contributed by atoms with Crippen molar-refractivity contribution in [3.8, 4) is 5.75 Å². The molecule has 0 saturated carbocycles. The maximum atomic E-state index is 12.2. The molecule has 0 fully saturated rings. The Labute approximate surface area is 196 Å². The van der Waals surface area contributed by atoms with Crippen molar-refractivity contribution in [3.05, 3.63) is 64.7 Å². The second-order valence-corrected chi connectivity index (χ2v) is 8.22. The Morgan fingerprint density at radius 2 is 1.53 bits per heavy atom. The van der Waals surface area contributed by atoms with E-state index in [2.05, 4.69) is 17.5 Å². The fourth-order valence-corrected chi connectivity index (χ4v) is 3.45. The molecule has 0 bridgehead atoms. The Bertz CT molecular complexity index is 866. The van der Waals surface area contributed by atoms with Crippen molar-refractivity contribution < 1.29 is 14.3 Å². The van der Waals surface area contributed by atoms with E-state index >= 15 is 0 Å². The molecule has 0 atom stereocenters. The third-order valence-electron chi connectivity index (χ3n) is 5.09. The van der Waals surface area contributed by atoms with Crippen LogP contribution in [0.2, 0.25) is 5.02 Å². The zero-order chi connectivity index (χ0) is 23.0. The predicted molar refractivity (Wildman–Crippen MR) is 130 cm³/mol. The second kappa shape index (κ2) is 15.2. The molecule has 2 aromatic carbocycles. The van der Waals surface area contributed by atoms with Gasteiger partial charge in [-0.25, -0.2) is 10.2 Å². The molecule has 0 aliphatic rings. The first-order valence-corrected chi connectivity index (χ1v) is 11.9. The van der Waals surface area contributed by atoms with E-state index in [0.29, 0.717) is 22.8 Å². The lowest BCUT2D eigenvalue weighted by molar-refractivity contribution is -0.121. The summed E-state index contributed by atoms with van der Waals surface area (Å²) < 4.78 is 5.34. The second-order valence-electron chi connectivity index (χ2n) is 7.81. The quantitative estimate of drug-likeness (QED) is 0.110. The number of nitrogens with zero attached hydrogens (tertiary/aromatic N) is 1. The van der Waals surface area contributed by atoms with Crippen LogP contribution in [0.4, 0.5) is 0 Å². The summed E-state index contributed by atoms with van der Waals surface area (Å²) in [4.78, 5) is 24.1. The molecule has 2 rings (SSSR count). The topological polar surface area (TPSA) is 67.8 Å². The van der Waals surface area contributed by atoms with Crippen LogP contribution in [-0.4, -0.2) is 18.1 Å². The van der Waals surface area contributed by atoms with Crippen molar-refractivity contribution in [3.63, 3.8) is 0 Å². The van der Waals surface area contributed by atoms with Gasteiger partial charge in [-0.1, -0.05) is 82.0 Å². The molecule has 0 radical (unpaired) electrons. The summed E-state index contributed by atoms with van der Waals surface area (Å²) in [6.07, 6.45) is 13.1. The van der Waals surface area contributed by atoms with E-state index in [1.54, 1.807) is 54.7 Å². The minimum Gasteiger partial charge on any atom is -0.423 e. The van der Waals surface area contributed by atoms with Crippen molar-refractivity contribution in [2.45, 2.75) is 71.1 Å². The summed E-state index contributed by atoms with van der Waals surface area (Å²) in [6, 6.07) is 13.6. The normalized spacial score (nSPS) is 10.9. The SMILES string of the molecule is CCCCCCCCCCCC(=O)N/N=C/c1ccc(OC(=O)c2ccccc2Cl)cc1. The third kappa shape index (κ3) is 10.1. The molecule has 0 aromatic heterocycles. The molecule has 0 aliphatic heterocycles. The Kier molecular flexibility index (Phi) is 12.2. The van der Waals surface area contributed by atoms with Crippen LogP contribution in [0.5, 0.6) is 5.75 Å². The standard InChI is InChI=1S/C26H33ClN2O3/c1-2-3-4-5-6-7-8-9-10-15-25(30)29-28-20-21-16-18-22(19-17-21)32-26(31)23-13-11-12-14-24(23)27/h11-14,16-20H,2-10,15H2,1H3,(H,29,30)/b28-20+. The molecular formula is C26H33ClN2O3. The smallest absolute Gasteiger partial charge is 0.345 e. The molecule has 172 valence electrons. The van der Waals surface area contributed by atoms with Crippen LogP contribution in [0.1, 0.15) is 87.1 Å². The Balaban J connectivity index is 1.63. The summed E-state index contributed by atoms with van der Waals surface area (Å²) in [5, 5.41) is 4.35. The molecule has 1 amide bonds. The van der Waals surface area contributed by atoms with Crippen LogP contribution in [0.15, 0.2) is 53.6 Å². The van der Waals surface area contributed by atoms with Gasteiger partial charge in [0.1, 0.15) is 5.75 Å². The first kappa shape index (κ1) is 25.6. The van der Waals surface area contributed by atoms with E-state index in [-0.39, 0.29) is 5.91 Å². The lowest BCUT2D eigenvalue weighted by atomic mass is 10.1. The van der Waals surface area contributed by atoms with Gasteiger partial charge in [0.25, 0.3) is 0 Å². The Morgan fingerprint density at radius 1 is 0.906 bits per heavy atom. The highest BCUT2D eigenvalue weighted by atomic mass is 35.5. The van der Waals surface area contributed by atoms with Gasteiger partial charge in [-0.3, -0.25) is 4.79 Å². The molecule has 32 heavy (non-hydrogen) atoms. The number of halogens is 1. The number of carbonyl (C=O) groups excluding carboxylic acids is 2. The van der Waals surface area contributed by atoms with Gasteiger partial charge in [-0.2, -0.15) is 5.10 Å². The number of hydrazone groups is 1. The summed E-state index contributed by atoms with van der Waals surface area (Å²) in [5.74, 6) is -0.184. The number of nitrogens with one attached hydrogen (secondary N) is 1. The van der Waals surface area contributed by atoms with E-state index in [4.69, 9.17) is 16.3 Å². The minimum absolute atomic E-state index is 0.0746. The molecular weight excluding hydrogens is 424 g/mol. The van der Waals surface area contributed by atoms with Crippen LogP contribution >= 0.6 is 11.6 Å². The summed E-state index contributed by atoms with van der Waals surface area (Å²) in [6.45, 7) is 2.23. The highest BCUT2D eigenvalue weighted by Gasteiger charge is 2.11. The highest BCUT2D eigenvalue weighted by Crippen LogP contribution is 2.19. The van der Waals surface area contributed by atoms with Gasteiger partial charge in [-0.15, -0.1) is 0 Å². The average molecular weight is 457 g/mol. The van der Waals surface area contributed by atoms with Crippen molar-refractivity contribution in [1.29, 1.82) is 0 Å². The summed E-state index contributed by atoms with van der Waals surface area (Å²) in [5.41, 5.74) is 3.66. The predicted octanol–water partition coefficient (Wildman–Crippen LogP) is 6.93. The van der Waals surface area contributed by atoms with E-state index in [1.165, 1.54) is 44.9 Å². The van der Waals surface area contributed by atoms with Gasteiger partial charge in [0, 0.05) is 6.42 Å². The van der Waals surface area contributed by atoms with Gasteiger partial charge in [0.05, 0.1) is 16.8 Å². The van der Waals surface area contributed by atoms with Gasteiger partial charge >= 0.3 is 5.97 Å². The maximum absolute atomic E-state index is 12.2. The van der Waals surface area contributed by atoms with Crippen molar-refractivity contribution >= 4 is 29.7 Å². The van der Waals surface area contributed by atoms with E-state index in [0.717, 1.165) is 18.4 Å². The van der Waals surface area contributed by atoms with Gasteiger partial charge in [0.2, 0.25) is 5.91 Å². The van der Waals surface area contributed by atoms with Gasteiger partial charge in [-0.05, 0) is 48.4 Å². The fraction of sp³-hybridized carbons (Fsp3) is 0.423. The van der Waals surface area contributed by atoms with Crippen molar-refractivity contribution in [1.82, 2.24) is 5.43 Å². The zero-order valence-corrected chi connectivity index (χ0v) is 19.6. The number of esters is 1. The van der Waals surface area contributed by atoms with Gasteiger partial charge in [0.15, 0.2) is 0 Å². The van der Waals surface area contributed by atoms with Crippen LogP contribution in [0, 0.1) is 0 Å². The number of benzene rings is 2. The Hall–Kier alpha value is -2.66. The Morgan fingerprint density at radius 3 is 2.19 bits per heavy atom. The van der Waals surface area contributed by atoms with E-state index in [1.807, 2.05) is 0 Å². The lowest BCUT2D eigenvalue weighted by Crippen LogP contribution is -2.16. The average Bonchev–Trinajstić information content (AvgIpc) is 2.79. The first-order valence-electron chi connectivity index (χ1n) is 11.5. The fourth-order valence-electron chi connectivity index (χ4n) is 3.24. The van der Waals surface area contributed by atoms with Gasteiger partial charge < -0.3 is 4.74 Å². The molecule has 0 heterocycles. The van der Waals surface area contributed by atoms with E-state index < -0.39 is 5.97 Å². The zero-order valence-electron chi connectivity index (χ0n) is 18.8. The molecule has 6 heteroatoms. The number of amides is 1. The summed E-state index contributed by atoms with van der Waals surface area (Å²) >= 11 is 6.02. The van der Waals surface area contributed by atoms with Crippen LogP contribution < -0.4 is 10.2 Å². The lowest BCUT2D eigenvalue weighted by Gasteiger charge is -2.06. The molecule has 1 N–H and O–H groups in total. The largest absolute Gasteiger partial charge is 0.423 e. The monoisotopic (exact) mass is 456 g/mol. The van der Waals surface area contributed by atoms with Crippen LogP contribution in [0.3, 0.4) is 0 Å². The first-order chi connectivity index (χ1) is 15.6. The number of unbranched alkanes of at least 4 members (excludes halogenated alkanes) is 8. The molecule has 0 unspecified atom stereocenters. The minimum atomic E-state index is -0.513. The van der Waals surface area contributed by atoms with Crippen molar-refractivity contribution in [2.24, 2.45) is 5.10 Å². The van der Waals surface area contributed by atoms with E-state index in [9.17, 15) is 9.59 Å². The maximum Gasteiger partial charge on any atom is 0.345 e. The number of rotatable bonds is 14. The van der Waals surface area contributed by atoms with Crippen LogP contribution in [-0.2, 0) is 4.79 Å². The number of hydrogen-bond acceptors (Lipinski definition) is 4. The number of hydrogen-bond donors (Lipinski definition) is 1. The molecule has 2 aromatic rings. The summed E-state index contributed by atoms with van der Waals surface area (Å²) in [7, 11) is 0. The number of ether oxygens (including phenoxy) is 1. The molecule has 0 aliphatic carbocycles. The number of carbonyl (C=O) groups is 2.